The Hall–Kier alpha value is -2.60. The van der Waals surface area contributed by atoms with Crippen LogP contribution in [0.4, 0.5) is 0 Å². The highest BCUT2D eigenvalue weighted by molar-refractivity contribution is 7.10. The standard InChI is InChI=1S/C18H18N2O3S/c1-11-5-3-6-12-9-14(19-17(11)12)18(22)20-13(10-16(21)23-2)15-7-4-8-24-15/h3-9,13,19H,10H2,1-2H3,(H,20,22). The van der Waals surface area contributed by atoms with Crippen LogP contribution in [0, 0.1) is 6.92 Å². The number of rotatable bonds is 5. The molecule has 124 valence electrons. The van der Waals surface area contributed by atoms with Crippen molar-refractivity contribution in [3.05, 3.63) is 57.9 Å². The molecule has 0 saturated carbocycles. The minimum absolute atomic E-state index is 0.0992. The fourth-order valence-electron chi connectivity index (χ4n) is 2.63. The van der Waals surface area contributed by atoms with E-state index in [1.807, 2.05) is 48.7 Å². The van der Waals surface area contributed by atoms with Crippen molar-refractivity contribution in [2.24, 2.45) is 0 Å². The number of H-pyrrole nitrogens is 1. The molecule has 5 nitrogen and oxygen atoms in total. The lowest BCUT2D eigenvalue weighted by atomic mass is 10.1. The number of hydrogen-bond donors (Lipinski definition) is 2. The molecule has 0 aliphatic rings. The zero-order valence-corrected chi connectivity index (χ0v) is 14.3. The summed E-state index contributed by atoms with van der Waals surface area (Å²) in [6.07, 6.45) is 0.0992. The Labute approximate surface area is 143 Å². The minimum atomic E-state index is -0.405. The maximum atomic E-state index is 12.6. The van der Waals surface area contributed by atoms with Gasteiger partial charge in [0.25, 0.3) is 5.91 Å². The summed E-state index contributed by atoms with van der Waals surface area (Å²) in [6, 6.07) is 11.1. The molecule has 3 aromatic rings. The molecular weight excluding hydrogens is 324 g/mol. The predicted octanol–water partition coefficient (Wildman–Crippen LogP) is 3.57. The number of aromatic amines is 1. The van der Waals surface area contributed by atoms with Gasteiger partial charge >= 0.3 is 5.97 Å². The first kappa shape index (κ1) is 16.3. The van der Waals surface area contributed by atoms with E-state index in [0.29, 0.717) is 5.69 Å². The predicted molar refractivity (Wildman–Crippen MR) is 94.2 cm³/mol. The third-order valence-corrected chi connectivity index (χ3v) is 4.89. The van der Waals surface area contributed by atoms with E-state index in [9.17, 15) is 9.59 Å². The first-order chi connectivity index (χ1) is 11.6. The van der Waals surface area contributed by atoms with Crippen LogP contribution >= 0.6 is 11.3 Å². The van der Waals surface area contributed by atoms with E-state index in [1.165, 1.54) is 18.4 Å². The number of methoxy groups -OCH3 is 1. The molecule has 1 amide bonds. The van der Waals surface area contributed by atoms with Gasteiger partial charge in [-0.3, -0.25) is 9.59 Å². The van der Waals surface area contributed by atoms with Crippen LogP contribution in [0.15, 0.2) is 41.8 Å². The summed E-state index contributed by atoms with van der Waals surface area (Å²) in [5.74, 6) is -0.603. The number of carbonyl (C=O) groups is 2. The highest BCUT2D eigenvalue weighted by atomic mass is 32.1. The number of aryl methyl sites for hydroxylation is 1. The number of ether oxygens (including phenoxy) is 1. The van der Waals surface area contributed by atoms with Crippen LogP contribution in [0.5, 0.6) is 0 Å². The molecule has 2 aromatic heterocycles. The molecule has 0 fully saturated rings. The average molecular weight is 342 g/mol. The van der Waals surface area contributed by atoms with Gasteiger partial charge in [0.1, 0.15) is 5.69 Å². The third kappa shape index (κ3) is 3.33. The van der Waals surface area contributed by atoms with Crippen molar-refractivity contribution < 1.29 is 14.3 Å². The Morgan fingerprint density at radius 1 is 1.29 bits per heavy atom. The summed E-state index contributed by atoms with van der Waals surface area (Å²) in [4.78, 5) is 28.3. The second-order valence-corrected chi connectivity index (χ2v) is 6.52. The molecule has 0 aliphatic heterocycles. The van der Waals surface area contributed by atoms with Gasteiger partial charge in [0, 0.05) is 15.8 Å². The van der Waals surface area contributed by atoms with Gasteiger partial charge in [-0.15, -0.1) is 11.3 Å². The number of thiophene rings is 1. The molecule has 0 bridgehead atoms. The van der Waals surface area contributed by atoms with Crippen molar-refractivity contribution in [3.63, 3.8) is 0 Å². The van der Waals surface area contributed by atoms with Crippen LogP contribution in [-0.2, 0) is 9.53 Å². The third-order valence-electron chi connectivity index (χ3n) is 3.90. The van der Waals surface area contributed by atoms with E-state index in [2.05, 4.69) is 10.3 Å². The number of esters is 1. The van der Waals surface area contributed by atoms with Crippen molar-refractivity contribution in [3.8, 4) is 0 Å². The lowest BCUT2D eigenvalue weighted by molar-refractivity contribution is -0.141. The molecule has 1 atom stereocenters. The van der Waals surface area contributed by atoms with E-state index in [0.717, 1.165) is 21.3 Å². The number of carbonyl (C=O) groups excluding carboxylic acids is 2. The normalized spacial score (nSPS) is 12.1. The van der Waals surface area contributed by atoms with E-state index in [1.54, 1.807) is 0 Å². The molecule has 0 saturated heterocycles. The lowest BCUT2D eigenvalue weighted by Gasteiger charge is -2.15. The van der Waals surface area contributed by atoms with Crippen LogP contribution in [0.1, 0.15) is 33.4 Å². The number of nitrogens with one attached hydrogen (secondary N) is 2. The van der Waals surface area contributed by atoms with Gasteiger partial charge in [-0.25, -0.2) is 0 Å². The second kappa shape index (κ2) is 6.88. The Morgan fingerprint density at radius 3 is 2.79 bits per heavy atom. The highest BCUT2D eigenvalue weighted by Gasteiger charge is 2.21. The molecule has 2 heterocycles. The fraction of sp³-hybridized carbons (Fsp3) is 0.222. The van der Waals surface area contributed by atoms with E-state index in [-0.39, 0.29) is 18.3 Å². The van der Waals surface area contributed by atoms with Crippen molar-refractivity contribution in [1.29, 1.82) is 0 Å². The maximum absolute atomic E-state index is 12.6. The van der Waals surface area contributed by atoms with Crippen molar-refractivity contribution in [2.75, 3.05) is 7.11 Å². The topological polar surface area (TPSA) is 71.2 Å². The molecule has 1 aromatic carbocycles. The quantitative estimate of drug-likeness (QED) is 0.696. The Balaban J connectivity index is 1.84. The van der Waals surface area contributed by atoms with Gasteiger partial charge < -0.3 is 15.0 Å². The van der Waals surface area contributed by atoms with Gasteiger partial charge in [0.05, 0.1) is 19.6 Å². The average Bonchev–Trinajstić information content (AvgIpc) is 3.24. The van der Waals surface area contributed by atoms with Gasteiger partial charge in [0.2, 0.25) is 0 Å². The monoisotopic (exact) mass is 342 g/mol. The number of fused-ring (bicyclic) bond motifs is 1. The maximum Gasteiger partial charge on any atom is 0.307 e. The Morgan fingerprint density at radius 2 is 2.12 bits per heavy atom. The van der Waals surface area contributed by atoms with Gasteiger partial charge in [-0.2, -0.15) is 0 Å². The number of aromatic nitrogens is 1. The molecular formula is C18H18N2O3S. The summed E-state index contributed by atoms with van der Waals surface area (Å²) in [5, 5.41) is 5.82. The molecule has 0 spiro atoms. The van der Waals surface area contributed by atoms with E-state index < -0.39 is 6.04 Å². The van der Waals surface area contributed by atoms with Gasteiger partial charge in [0.15, 0.2) is 0 Å². The molecule has 24 heavy (non-hydrogen) atoms. The van der Waals surface area contributed by atoms with Crippen LogP contribution in [-0.4, -0.2) is 24.0 Å². The van der Waals surface area contributed by atoms with Gasteiger partial charge in [-0.05, 0) is 30.0 Å². The zero-order chi connectivity index (χ0) is 17.1. The largest absolute Gasteiger partial charge is 0.469 e. The highest BCUT2D eigenvalue weighted by Crippen LogP contribution is 2.24. The van der Waals surface area contributed by atoms with Crippen LogP contribution in [0.2, 0.25) is 0 Å². The molecule has 0 aliphatic carbocycles. The SMILES string of the molecule is COC(=O)CC(NC(=O)c1cc2cccc(C)c2[nH]1)c1cccs1. The van der Waals surface area contributed by atoms with Crippen LogP contribution in [0.25, 0.3) is 10.9 Å². The number of benzene rings is 1. The van der Waals surface area contributed by atoms with Crippen LogP contribution < -0.4 is 5.32 Å². The molecule has 6 heteroatoms. The lowest BCUT2D eigenvalue weighted by Crippen LogP contribution is -2.30. The summed E-state index contributed by atoms with van der Waals surface area (Å²) < 4.78 is 4.74. The Kier molecular flexibility index (Phi) is 4.66. The number of hydrogen-bond acceptors (Lipinski definition) is 4. The smallest absolute Gasteiger partial charge is 0.307 e. The summed E-state index contributed by atoms with van der Waals surface area (Å²) in [6.45, 7) is 1.99. The van der Waals surface area contributed by atoms with Crippen molar-refractivity contribution in [1.82, 2.24) is 10.3 Å². The van der Waals surface area contributed by atoms with Gasteiger partial charge in [-0.1, -0.05) is 24.3 Å². The number of amides is 1. The fourth-order valence-corrected chi connectivity index (χ4v) is 3.41. The molecule has 2 N–H and O–H groups in total. The van der Waals surface area contributed by atoms with E-state index >= 15 is 0 Å². The molecule has 0 radical (unpaired) electrons. The second-order valence-electron chi connectivity index (χ2n) is 5.54. The first-order valence-corrected chi connectivity index (χ1v) is 8.46. The summed E-state index contributed by atoms with van der Waals surface area (Å²) >= 11 is 1.50. The van der Waals surface area contributed by atoms with Crippen molar-refractivity contribution in [2.45, 2.75) is 19.4 Å². The summed E-state index contributed by atoms with van der Waals surface area (Å²) in [5.41, 5.74) is 2.50. The zero-order valence-electron chi connectivity index (χ0n) is 13.5. The van der Waals surface area contributed by atoms with E-state index in [4.69, 9.17) is 4.74 Å². The minimum Gasteiger partial charge on any atom is -0.469 e. The molecule has 3 rings (SSSR count). The Bertz CT molecular complexity index is 868. The number of para-hydroxylation sites is 1. The van der Waals surface area contributed by atoms with Crippen LogP contribution in [0.3, 0.4) is 0 Å². The van der Waals surface area contributed by atoms with Crippen molar-refractivity contribution >= 4 is 34.1 Å². The molecule has 1 unspecified atom stereocenters. The first-order valence-electron chi connectivity index (χ1n) is 7.58. The summed E-state index contributed by atoms with van der Waals surface area (Å²) in [7, 11) is 1.34.